The van der Waals surface area contributed by atoms with E-state index < -0.39 is 5.91 Å². The maximum Gasteiger partial charge on any atom is 0.248 e. The fraction of sp³-hybridized carbons (Fsp3) is 0.0714. The van der Waals surface area contributed by atoms with E-state index in [1.54, 1.807) is 30.3 Å². The molecule has 0 radical (unpaired) electrons. The van der Waals surface area contributed by atoms with Gasteiger partial charge in [-0.25, -0.2) is 0 Å². The number of carbonyl (C=O) groups excluding carboxylic acids is 1. The highest BCUT2D eigenvalue weighted by molar-refractivity contribution is 7.98. The van der Waals surface area contributed by atoms with Gasteiger partial charge in [0.15, 0.2) is 0 Å². The van der Waals surface area contributed by atoms with Gasteiger partial charge in [0.05, 0.1) is 0 Å². The lowest BCUT2D eigenvalue weighted by molar-refractivity contribution is 0.1000. The van der Waals surface area contributed by atoms with Crippen LogP contribution in [0.1, 0.15) is 15.9 Å². The molecule has 92 valence electrons. The van der Waals surface area contributed by atoms with Crippen LogP contribution in [-0.4, -0.2) is 11.0 Å². The Labute approximate surface area is 110 Å². The van der Waals surface area contributed by atoms with Crippen LogP contribution in [0.15, 0.2) is 53.4 Å². The minimum atomic E-state index is -0.426. The first-order valence-electron chi connectivity index (χ1n) is 5.46. The summed E-state index contributed by atoms with van der Waals surface area (Å²) < 4.78 is 0. The number of phenols is 1. The smallest absolute Gasteiger partial charge is 0.248 e. The molecule has 2 aromatic rings. The van der Waals surface area contributed by atoms with E-state index in [1.807, 2.05) is 18.2 Å². The number of phenolic OH excluding ortho intramolecular Hbond substituents is 1. The third-order valence-electron chi connectivity index (χ3n) is 2.47. The Balaban J connectivity index is 2.09. The standard InChI is InChI=1S/C14H13NO2S/c15-14(17)11-5-3-4-10(8-11)9-18-13-7-2-1-6-12(13)16/h1-8,16H,9H2,(H2,15,17). The van der Waals surface area contributed by atoms with Crippen molar-refractivity contribution in [1.29, 1.82) is 0 Å². The predicted molar refractivity (Wildman–Crippen MR) is 72.6 cm³/mol. The maximum atomic E-state index is 11.1. The molecular weight excluding hydrogens is 246 g/mol. The summed E-state index contributed by atoms with van der Waals surface area (Å²) in [7, 11) is 0. The number of carbonyl (C=O) groups is 1. The summed E-state index contributed by atoms with van der Waals surface area (Å²) in [5.41, 5.74) is 6.73. The van der Waals surface area contributed by atoms with E-state index in [0.29, 0.717) is 11.3 Å². The van der Waals surface area contributed by atoms with Crippen LogP contribution in [0, 0.1) is 0 Å². The molecule has 0 saturated heterocycles. The minimum Gasteiger partial charge on any atom is -0.507 e. The molecule has 4 heteroatoms. The average molecular weight is 259 g/mol. The van der Waals surface area contributed by atoms with E-state index in [1.165, 1.54) is 11.8 Å². The normalized spacial score (nSPS) is 10.2. The van der Waals surface area contributed by atoms with Crippen molar-refractivity contribution in [1.82, 2.24) is 0 Å². The van der Waals surface area contributed by atoms with Crippen LogP contribution < -0.4 is 5.73 Å². The van der Waals surface area contributed by atoms with Gasteiger partial charge in [0.25, 0.3) is 0 Å². The average Bonchev–Trinajstić information content (AvgIpc) is 2.38. The summed E-state index contributed by atoms with van der Waals surface area (Å²) in [6.45, 7) is 0. The molecule has 2 rings (SSSR count). The number of nitrogens with two attached hydrogens (primary N) is 1. The molecule has 0 aromatic heterocycles. The number of primary amides is 1. The second-order valence-corrected chi connectivity index (χ2v) is 4.84. The van der Waals surface area contributed by atoms with Crippen LogP contribution in [0.25, 0.3) is 0 Å². The highest BCUT2D eigenvalue weighted by Crippen LogP contribution is 2.30. The maximum absolute atomic E-state index is 11.1. The topological polar surface area (TPSA) is 63.3 Å². The molecule has 0 aliphatic heterocycles. The van der Waals surface area contributed by atoms with E-state index in [2.05, 4.69) is 0 Å². The lowest BCUT2D eigenvalue weighted by Crippen LogP contribution is -2.10. The first-order chi connectivity index (χ1) is 8.66. The lowest BCUT2D eigenvalue weighted by atomic mass is 10.1. The third-order valence-corrected chi connectivity index (χ3v) is 3.60. The minimum absolute atomic E-state index is 0.272. The molecule has 0 spiro atoms. The number of amides is 1. The summed E-state index contributed by atoms with van der Waals surface area (Å²) in [5.74, 6) is 0.525. The van der Waals surface area contributed by atoms with Crippen molar-refractivity contribution < 1.29 is 9.90 Å². The lowest BCUT2D eigenvalue weighted by Gasteiger charge is -2.05. The van der Waals surface area contributed by atoms with Crippen LogP contribution >= 0.6 is 11.8 Å². The van der Waals surface area contributed by atoms with E-state index >= 15 is 0 Å². The van der Waals surface area contributed by atoms with Crippen molar-refractivity contribution in [3.8, 4) is 5.75 Å². The molecule has 1 amide bonds. The molecule has 0 saturated carbocycles. The summed E-state index contributed by atoms with van der Waals surface area (Å²) >= 11 is 1.52. The second-order valence-electron chi connectivity index (χ2n) is 3.82. The van der Waals surface area contributed by atoms with Gasteiger partial charge < -0.3 is 10.8 Å². The Morgan fingerprint density at radius 1 is 1.17 bits per heavy atom. The third kappa shape index (κ3) is 3.05. The number of para-hydroxylation sites is 1. The summed E-state index contributed by atoms with van der Waals surface area (Å²) in [6.07, 6.45) is 0. The molecule has 0 atom stereocenters. The highest BCUT2D eigenvalue weighted by Gasteiger charge is 2.04. The molecule has 0 bridgehead atoms. The van der Waals surface area contributed by atoms with Gasteiger partial charge in [0.1, 0.15) is 5.75 Å². The first kappa shape index (κ1) is 12.5. The number of thioether (sulfide) groups is 1. The molecule has 3 N–H and O–H groups in total. The van der Waals surface area contributed by atoms with Crippen LogP contribution in [0.5, 0.6) is 5.75 Å². The number of hydrogen-bond acceptors (Lipinski definition) is 3. The summed E-state index contributed by atoms with van der Waals surface area (Å²) in [6, 6.07) is 14.4. The largest absolute Gasteiger partial charge is 0.507 e. The molecule has 2 aromatic carbocycles. The van der Waals surface area contributed by atoms with Gasteiger partial charge in [-0.2, -0.15) is 0 Å². The molecule has 0 unspecified atom stereocenters. The highest BCUT2D eigenvalue weighted by atomic mass is 32.2. The van der Waals surface area contributed by atoms with E-state index in [9.17, 15) is 9.90 Å². The van der Waals surface area contributed by atoms with Gasteiger partial charge >= 0.3 is 0 Å². The van der Waals surface area contributed by atoms with Crippen LogP contribution in [0.4, 0.5) is 0 Å². The zero-order chi connectivity index (χ0) is 13.0. The Morgan fingerprint density at radius 3 is 2.67 bits per heavy atom. The molecule has 18 heavy (non-hydrogen) atoms. The summed E-state index contributed by atoms with van der Waals surface area (Å²) in [4.78, 5) is 11.9. The SMILES string of the molecule is NC(=O)c1cccc(CSc2ccccc2O)c1. The molecule has 0 heterocycles. The number of hydrogen-bond donors (Lipinski definition) is 2. The van der Waals surface area contributed by atoms with Crippen molar-refractivity contribution in [2.45, 2.75) is 10.6 Å². The Kier molecular flexibility index (Phi) is 3.89. The molecule has 0 fully saturated rings. The quantitative estimate of drug-likeness (QED) is 0.830. The van der Waals surface area contributed by atoms with Gasteiger partial charge in [-0.1, -0.05) is 24.3 Å². The second kappa shape index (κ2) is 5.60. The van der Waals surface area contributed by atoms with Crippen LogP contribution in [-0.2, 0) is 5.75 Å². The van der Waals surface area contributed by atoms with E-state index in [4.69, 9.17) is 5.73 Å². The van der Waals surface area contributed by atoms with Gasteiger partial charge in [-0.3, -0.25) is 4.79 Å². The Hall–Kier alpha value is -1.94. The van der Waals surface area contributed by atoms with Crippen molar-refractivity contribution >= 4 is 17.7 Å². The van der Waals surface area contributed by atoms with Gasteiger partial charge in [-0.05, 0) is 29.8 Å². The number of rotatable bonds is 4. The van der Waals surface area contributed by atoms with Gasteiger partial charge in [0.2, 0.25) is 5.91 Å². The monoisotopic (exact) mass is 259 g/mol. The number of benzene rings is 2. The Morgan fingerprint density at radius 2 is 1.94 bits per heavy atom. The molecule has 0 aliphatic carbocycles. The first-order valence-corrected chi connectivity index (χ1v) is 6.45. The fourth-order valence-corrected chi connectivity index (χ4v) is 2.45. The van der Waals surface area contributed by atoms with E-state index in [0.717, 1.165) is 10.5 Å². The van der Waals surface area contributed by atoms with Crippen LogP contribution in [0.3, 0.4) is 0 Å². The van der Waals surface area contributed by atoms with Crippen molar-refractivity contribution in [3.63, 3.8) is 0 Å². The zero-order valence-corrected chi connectivity index (χ0v) is 10.5. The Bertz CT molecular complexity index is 569. The van der Waals surface area contributed by atoms with Crippen LogP contribution in [0.2, 0.25) is 0 Å². The molecule has 3 nitrogen and oxygen atoms in total. The van der Waals surface area contributed by atoms with E-state index in [-0.39, 0.29) is 5.75 Å². The van der Waals surface area contributed by atoms with Crippen molar-refractivity contribution in [2.24, 2.45) is 5.73 Å². The summed E-state index contributed by atoms with van der Waals surface area (Å²) in [5, 5.41) is 9.64. The molecular formula is C14H13NO2S. The zero-order valence-electron chi connectivity index (χ0n) is 9.67. The number of aromatic hydroxyl groups is 1. The van der Waals surface area contributed by atoms with Gasteiger partial charge in [-0.15, -0.1) is 11.8 Å². The van der Waals surface area contributed by atoms with Crippen molar-refractivity contribution in [3.05, 3.63) is 59.7 Å². The predicted octanol–water partition coefficient (Wildman–Crippen LogP) is 2.78. The van der Waals surface area contributed by atoms with Gasteiger partial charge in [0, 0.05) is 16.2 Å². The molecule has 0 aliphatic rings. The fourth-order valence-electron chi connectivity index (χ4n) is 1.55. The van der Waals surface area contributed by atoms with Crippen molar-refractivity contribution in [2.75, 3.05) is 0 Å².